The van der Waals surface area contributed by atoms with Crippen molar-refractivity contribution in [2.24, 2.45) is 0 Å². The summed E-state index contributed by atoms with van der Waals surface area (Å²) in [6.07, 6.45) is 2.27. The van der Waals surface area contributed by atoms with Gasteiger partial charge in [-0.05, 0) is 48.2 Å². The molecule has 2 aromatic rings. The molecule has 1 atom stereocenters. The van der Waals surface area contributed by atoms with Gasteiger partial charge in [0.05, 0.1) is 7.11 Å². The lowest BCUT2D eigenvalue weighted by atomic mass is 9.99. The lowest BCUT2D eigenvalue weighted by molar-refractivity contribution is 0.415. The van der Waals surface area contributed by atoms with E-state index in [0.717, 1.165) is 18.7 Å². The van der Waals surface area contributed by atoms with E-state index in [0.29, 0.717) is 6.04 Å². The van der Waals surface area contributed by atoms with Crippen molar-refractivity contribution in [2.45, 2.75) is 32.7 Å². The highest BCUT2D eigenvalue weighted by atomic mass is 16.5. The first kappa shape index (κ1) is 15.6. The molecule has 0 saturated heterocycles. The standard InChI is InChI=1S/C19H25NO/c1-4-13-20-19(5-2)16-11-9-15(10-12-16)17-7-6-8-18(14-17)21-3/h6-12,14,19-20H,4-5,13H2,1-3H3. The second-order valence-electron chi connectivity index (χ2n) is 5.27. The minimum absolute atomic E-state index is 0.448. The van der Waals surface area contributed by atoms with Crippen molar-refractivity contribution in [3.05, 3.63) is 54.1 Å². The van der Waals surface area contributed by atoms with Gasteiger partial charge in [-0.25, -0.2) is 0 Å². The van der Waals surface area contributed by atoms with E-state index in [1.807, 2.05) is 12.1 Å². The third-order valence-corrected chi connectivity index (χ3v) is 3.77. The van der Waals surface area contributed by atoms with Crippen LogP contribution in [-0.4, -0.2) is 13.7 Å². The Morgan fingerprint density at radius 1 is 1.00 bits per heavy atom. The number of benzene rings is 2. The van der Waals surface area contributed by atoms with Crippen LogP contribution in [0.4, 0.5) is 0 Å². The van der Waals surface area contributed by atoms with Crippen LogP contribution in [0.2, 0.25) is 0 Å². The molecule has 2 heteroatoms. The second kappa shape index (κ2) is 7.84. The van der Waals surface area contributed by atoms with Crippen LogP contribution in [0.25, 0.3) is 11.1 Å². The average Bonchev–Trinajstić information content (AvgIpc) is 2.56. The molecule has 0 fully saturated rings. The van der Waals surface area contributed by atoms with Crippen LogP contribution < -0.4 is 10.1 Å². The fourth-order valence-electron chi connectivity index (χ4n) is 2.53. The van der Waals surface area contributed by atoms with Crippen molar-refractivity contribution in [3.63, 3.8) is 0 Å². The van der Waals surface area contributed by atoms with Gasteiger partial charge in [0.15, 0.2) is 0 Å². The molecule has 2 nitrogen and oxygen atoms in total. The monoisotopic (exact) mass is 283 g/mol. The number of nitrogens with one attached hydrogen (secondary N) is 1. The van der Waals surface area contributed by atoms with E-state index >= 15 is 0 Å². The highest BCUT2D eigenvalue weighted by Crippen LogP contribution is 2.26. The van der Waals surface area contributed by atoms with Gasteiger partial charge in [0.1, 0.15) is 5.75 Å². The lowest BCUT2D eigenvalue weighted by Gasteiger charge is -2.17. The summed E-state index contributed by atoms with van der Waals surface area (Å²) in [4.78, 5) is 0. The highest BCUT2D eigenvalue weighted by Gasteiger charge is 2.08. The van der Waals surface area contributed by atoms with E-state index in [1.54, 1.807) is 7.11 Å². The molecule has 0 radical (unpaired) electrons. The number of rotatable bonds is 7. The van der Waals surface area contributed by atoms with Gasteiger partial charge in [-0.1, -0.05) is 50.2 Å². The third kappa shape index (κ3) is 4.08. The molecule has 112 valence electrons. The Morgan fingerprint density at radius 2 is 1.76 bits per heavy atom. The van der Waals surface area contributed by atoms with Crippen LogP contribution in [-0.2, 0) is 0 Å². The zero-order chi connectivity index (χ0) is 15.1. The molecule has 0 saturated carbocycles. The molecule has 1 unspecified atom stereocenters. The average molecular weight is 283 g/mol. The molecule has 0 aliphatic rings. The van der Waals surface area contributed by atoms with Gasteiger partial charge in [-0.15, -0.1) is 0 Å². The van der Waals surface area contributed by atoms with Gasteiger partial charge in [-0.2, -0.15) is 0 Å². The summed E-state index contributed by atoms with van der Waals surface area (Å²) in [5.41, 5.74) is 3.77. The first-order chi connectivity index (χ1) is 10.3. The molecule has 2 aromatic carbocycles. The maximum absolute atomic E-state index is 5.29. The molecule has 0 aliphatic carbocycles. The maximum Gasteiger partial charge on any atom is 0.119 e. The van der Waals surface area contributed by atoms with Crippen molar-refractivity contribution >= 4 is 0 Å². The minimum atomic E-state index is 0.448. The zero-order valence-corrected chi connectivity index (χ0v) is 13.2. The van der Waals surface area contributed by atoms with E-state index in [2.05, 4.69) is 55.6 Å². The minimum Gasteiger partial charge on any atom is -0.497 e. The van der Waals surface area contributed by atoms with Crippen molar-refractivity contribution < 1.29 is 4.74 Å². The van der Waals surface area contributed by atoms with Crippen molar-refractivity contribution in [2.75, 3.05) is 13.7 Å². The summed E-state index contributed by atoms with van der Waals surface area (Å²) in [6.45, 7) is 5.49. The van der Waals surface area contributed by atoms with Crippen molar-refractivity contribution in [3.8, 4) is 16.9 Å². The van der Waals surface area contributed by atoms with Crippen LogP contribution in [0, 0.1) is 0 Å². The molecular weight excluding hydrogens is 258 g/mol. The van der Waals surface area contributed by atoms with E-state index in [9.17, 15) is 0 Å². The Hall–Kier alpha value is -1.80. The molecule has 0 spiro atoms. The van der Waals surface area contributed by atoms with E-state index in [1.165, 1.54) is 23.1 Å². The van der Waals surface area contributed by atoms with Crippen LogP contribution in [0.15, 0.2) is 48.5 Å². The van der Waals surface area contributed by atoms with Gasteiger partial charge in [0.25, 0.3) is 0 Å². The van der Waals surface area contributed by atoms with Crippen molar-refractivity contribution in [1.29, 1.82) is 0 Å². The van der Waals surface area contributed by atoms with Gasteiger partial charge in [0, 0.05) is 6.04 Å². The zero-order valence-electron chi connectivity index (χ0n) is 13.2. The first-order valence-corrected chi connectivity index (χ1v) is 7.76. The van der Waals surface area contributed by atoms with Crippen LogP contribution >= 0.6 is 0 Å². The molecule has 0 bridgehead atoms. The van der Waals surface area contributed by atoms with Crippen molar-refractivity contribution in [1.82, 2.24) is 5.32 Å². The quantitative estimate of drug-likeness (QED) is 0.787. The molecule has 0 aromatic heterocycles. The molecular formula is C19H25NO. The summed E-state index contributed by atoms with van der Waals surface area (Å²) in [5, 5.41) is 3.59. The van der Waals surface area contributed by atoms with Crippen LogP contribution in [0.5, 0.6) is 5.75 Å². The number of hydrogen-bond acceptors (Lipinski definition) is 2. The van der Waals surface area contributed by atoms with Gasteiger partial charge >= 0.3 is 0 Å². The largest absolute Gasteiger partial charge is 0.497 e. The van der Waals surface area contributed by atoms with E-state index in [-0.39, 0.29) is 0 Å². The summed E-state index contributed by atoms with van der Waals surface area (Å²) < 4.78 is 5.29. The topological polar surface area (TPSA) is 21.3 Å². The van der Waals surface area contributed by atoms with Gasteiger partial charge in [0.2, 0.25) is 0 Å². The Morgan fingerprint density at radius 3 is 2.38 bits per heavy atom. The maximum atomic E-state index is 5.29. The van der Waals surface area contributed by atoms with Crippen LogP contribution in [0.1, 0.15) is 38.3 Å². The predicted molar refractivity (Wildman–Crippen MR) is 89.8 cm³/mol. The van der Waals surface area contributed by atoms with Gasteiger partial charge < -0.3 is 10.1 Å². The summed E-state index contributed by atoms with van der Waals surface area (Å²) >= 11 is 0. The molecule has 2 rings (SSSR count). The SMILES string of the molecule is CCCNC(CC)c1ccc(-c2cccc(OC)c2)cc1. The number of methoxy groups -OCH3 is 1. The normalized spacial score (nSPS) is 12.1. The molecule has 0 heterocycles. The first-order valence-electron chi connectivity index (χ1n) is 7.76. The number of ether oxygens (including phenoxy) is 1. The van der Waals surface area contributed by atoms with Gasteiger partial charge in [-0.3, -0.25) is 0 Å². The Labute approximate surface area is 128 Å². The Balaban J connectivity index is 2.17. The molecule has 0 aliphatic heterocycles. The fraction of sp³-hybridized carbons (Fsp3) is 0.368. The predicted octanol–water partition coefficient (Wildman–Crippen LogP) is 4.81. The highest BCUT2D eigenvalue weighted by molar-refractivity contribution is 5.65. The summed E-state index contributed by atoms with van der Waals surface area (Å²) in [6, 6.07) is 17.5. The third-order valence-electron chi connectivity index (χ3n) is 3.77. The summed E-state index contributed by atoms with van der Waals surface area (Å²) in [7, 11) is 1.70. The lowest BCUT2D eigenvalue weighted by Crippen LogP contribution is -2.21. The Kier molecular flexibility index (Phi) is 5.82. The van der Waals surface area contributed by atoms with E-state index in [4.69, 9.17) is 4.74 Å². The van der Waals surface area contributed by atoms with E-state index < -0.39 is 0 Å². The molecule has 0 amide bonds. The second-order valence-corrected chi connectivity index (χ2v) is 5.27. The molecule has 1 N–H and O–H groups in total. The molecule has 21 heavy (non-hydrogen) atoms. The smallest absolute Gasteiger partial charge is 0.119 e. The number of hydrogen-bond donors (Lipinski definition) is 1. The van der Waals surface area contributed by atoms with Crippen LogP contribution in [0.3, 0.4) is 0 Å². The Bertz CT molecular complexity index is 548. The fourth-order valence-corrected chi connectivity index (χ4v) is 2.53. The summed E-state index contributed by atoms with van der Waals surface area (Å²) in [5.74, 6) is 0.896.